The van der Waals surface area contributed by atoms with E-state index < -0.39 is 10.8 Å². The van der Waals surface area contributed by atoms with Crippen LogP contribution < -0.4 is 10.6 Å². The lowest BCUT2D eigenvalue weighted by Crippen LogP contribution is -2.23. The lowest BCUT2D eigenvalue weighted by molar-refractivity contribution is -0.385. The van der Waals surface area contributed by atoms with E-state index in [0.717, 1.165) is 5.56 Å². The summed E-state index contributed by atoms with van der Waals surface area (Å²) in [5.74, 6) is -0.789. The lowest BCUT2D eigenvalue weighted by atomic mass is 10.1. The number of nitrogens with zero attached hydrogens (tertiary/aromatic N) is 1. The molecule has 0 bridgehead atoms. The standard InChI is InChI=1S/C19H14ClN3O5/c20-13-5-8-16(23(26)27)15(10-13)18(24)21-11-12-3-6-14(7-4-12)22-19(25)17-2-1-9-28-17/h1-10H,11H2,(H,21,24)(H,22,25). The van der Waals surface area contributed by atoms with E-state index in [1.54, 1.807) is 36.4 Å². The number of nitrogens with one attached hydrogen (secondary N) is 2. The van der Waals surface area contributed by atoms with Crippen LogP contribution >= 0.6 is 11.6 Å². The van der Waals surface area contributed by atoms with E-state index in [4.69, 9.17) is 16.0 Å². The van der Waals surface area contributed by atoms with Crippen LogP contribution in [0, 0.1) is 10.1 Å². The smallest absolute Gasteiger partial charge is 0.291 e. The van der Waals surface area contributed by atoms with Gasteiger partial charge in [0.25, 0.3) is 17.5 Å². The van der Waals surface area contributed by atoms with Crippen LogP contribution in [-0.4, -0.2) is 16.7 Å². The van der Waals surface area contributed by atoms with Crippen LogP contribution in [0.15, 0.2) is 65.3 Å². The van der Waals surface area contributed by atoms with Crippen molar-refractivity contribution in [2.45, 2.75) is 6.54 Å². The molecule has 28 heavy (non-hydrogen) atoms. The molecule has 2 N–H and O–H groups in total. The first-order chi connectivity index (χ1) is 13.4. The first kappa shape index (κ1) is 19.1. The van der Waals surface area contributed by atoms with Crippen LogP contribution in [0.4, 0.5) is 11.4 Å². The molecule has 0 atom stereocenters. The summed E-state index contributed by atoms with van der Waals surface area (Å²) >= 11 is 5.83. The molecule has 0 saturated carbocycles. The van der Waals surface area contributed by atoms with Crippen molar-refractivity contribution in [1.82, 2.24) is 5.32 Å². The largest absolute Gasteiger partial charge is 0.459 e. The minimum atomic E-state index is -0.637. The first-order valence-corrected chi connectivity index (χ1v) is 8.48. The van der Waals surface area contributed by atoms with E-state index in [-0.39, 0.29) is 34.5 Å². The third-order valence-corrected chi connectivity index (χ3v) is 4.04. The van der Waals surface area contributed by atoms with E-state index >= 15 is 0 Å². The molecule has 0 aliphatic carbocycles. The first-order valence-electron chi connectivity index (χ1n) is 8.10. The van der Waals surface area contributed by atoms with Gasteiger partial charge in [0.05, 0.1) is 11.2 Å². The number of hydrogen-bond acceptors (Lipinski definition) is 5. The van der Waals surface area contributed by atoms with Crippen LogP contribution in [0.5, 0.6) is 0 Å². The Kier molecular flexibility index (Phi) is 5.71. The zero-order valence-corrected chi connectivity index (χ0v) is 15.1. The average Bonchev–Trinajstić information content (AvgIpc) is 3.22. The average molecular weight is 400 g/mol. The highest BCUT2D eigenvalue weighted by Crippen LogP contribution is 2.22. The molecule has 2 amide bonds. The third-order valence-electron chi connectivity index (χ3n) is 3.81. The van der Waals surface area contributed by atoms with E-state index in [1.165, 1.54) is 24.5 Å². The summed E-state index contributed by atoms with van der Waals surface area (Å²) in [6.45, 7) is 0.148. The van der Waals surface area contributed by atoms with Gasteiger partial charge < -0.3 is 15.1 Å². The molecule has 3 rings (SSSR count). The zero-order valence-electron chi connectivity index (χ0n) is 14.3. The maximum Gasteiger partial charge on any atom is 0.291 e. The molecule has 8 nitrogen and oxygen atoms in total. The molecule has 9 heteroatoms. The number of anilines is 1. The predicted octanol–water partition coefficient (Wildman–Crippen LogP) is 4.02. The Bertz CT molecular complexity index is 1020. The Morgan fingerprint density at radius 3 is 2.46 bits per heavy atom. The minimum Gasteiger partial charge on any atom is -0.459 e. The highest BCUT2D eigenvalue weighted by molar-refractivity contribution is 6.31. The SMILES string of the molecule is O=C(Nc1ccc(CNC(=O)c2cc(Cl)ccc2[N+](=O)[O-])cc1)c1ccco1. The number of carbonyl (C=O) groups is 2. The van der Waals surface area contributed by atoms with E-state index in [1.807, 2.05) is 0 Å². The molecule has 0 spiro atoms. The summed E-state index contributed by atoms with van der Waals surface area (Å²) in [6, 6.07) is 13.7. The fourth-order valence-corrected chi connectivity index (χ4v) is 2.61. The van der Waals surface area contributed by atoms with Crippen LogP contribution in [0.25, 0.3) is 0 Å². The van der Waals surface area contributed by atoms with Crippen LogP contribution in [-0.2, 0) is 6.54 Å². The van der Waals surface area contributed by atoms with Crippen LogP contribution in [0.1, 0.15) is 26.5 Å². The molecule has 0 unspecified atom stereocenters. The summed E-state index contributed by atoms with van der Waals surface area (Å²) in [7, 11) is 0. The number of furan rings is 1. The number of nitro groups is 1. The van der Waals surface area contributed by atoms with Crippen molar-refractivity contribution in [3.8, 4) is 0 Å². The van der Waals surface area contributed by atoms with E-state index in [2.05, 4.69) is 10.6 Å². The van der Waals surface area contributed by atoms with Crippen molar-refractivity contribution in [3.63, 3.8) is 0 Å². The van der Waals surface area contributed by atoms with E-state index in [0.29, 0.717) is 5.69 Å². The summed E-state index contributed by atoms with van der Waals surface area (Å²) in [5, 5.41) is 16.6. The molecule has 1 heterocycles. The van der Waals surface area contributed by atoms with Gasteiger partial charge in [-0.2, -0.15) is 0 Å². The molecule has 1 aromatic heterocycles. The number of benzene rings is 2. The number of hydrogen-bond donors (Lipinski definition) is 2. The van der Waals surface area contributed by atoms with Crippen molar-refractivity contribution >= 4 is 34.8 Å². The Morgan fingerprint density at radius 1 is 1.07 bits per heavy atom. The van der Waals surface area contributed by atoms with Gasteiger partial charge in [0.2, 0.25) is 0 Å². The maximum atomic E-state index is 12.3. The number of carbonyl (C=O) groups excluding carboxylic acids is 2. The van der Waals surface area contributed by atoms with Crippen molar-refractivity contribution in [2.24, 2.45) is 0 Å². The topological polar surface area (TPSA) is 114 Å². The van der Waals surface area contributed by atoms with Crippen molar-refractivity contribution in [2.75, 3.05) is 5.32 Å². The molecule has 142 valence electrons. The molecular formula is C19H14ClN3O5. The Morgan fingerprint density at radius 2 is 1.82 bits per heavy atom. The van der Waals surface area contributed by atoms with Gasteiger partial charge in [-0.1, -0.05) is 23.7 Å². The molecule has 2 aromatic carbocycles. The monoisotopic (exact) mass is 399 g/mol. The zero-order chi connectivity index (χ0) is 20.1. The summed E-state index contributed by atoms with van der Waals surface area (Å²) in [5.41, 5.74) is 0.869. The van der Waals surface area contributed by atoms with Gasteiger partial charge in [0.15, 0.2) is 5.76 Å². The molecule has 0 radical (unpaired) electrons. The summed E-state index contributed by atoms with van der Waals surface area (Å²) in [6.07, 6.45) is 1.41. The van der Waals surface area contributed by atoms with Gasteiger partial charge in [0.1, 0.15) is 5.56 Å². The molecule has 0 fully saturated rings. The second-order valence-corrected chi connectivity index (χ2v) is 6.17. The van der Waals surface area contributed by atoms with Gasteiger partial charge in [-0.05, 0) is 42.0 Å². The Hall–Kier alpha value is -3.65. The number of amides is 2. The summed E-state index contributed by atoms with van der Waals surface area (Å²) < 4.78 is 5.02. The highest BCUT2D eigenvalue weighted by atomic mass is 35.5. The Balaban J connectivity index is 1.62. The van der Waals surface area contributed by atoms with Crippen molar-refractivity contribution < 1.29 is 18.9 Å². The quantitative estimate of drug-likeness (QED) is 0.479. The van der Waals surface area contributed by atoms with Gasteiger partial charge in [-0.3, -0.25) is 19.7 Å². The number of halogens is 1. The molecule has 0 aliphatic heterocycles. The highest BCUT2D eigenvalue weighted by Gasteiger charge is 2.20. The number of nitro benzene ring substituents is 1. The normalized spacial score (nSPS) is 10.3. The van der Waals surface area contributed by atoms with Gasteiger partial charge in [0, 0.05) is 23.3 Å². The van der Waals surface area contributed by atoms with Gasteiger partial charge >= 0.3 is 0 Å². The van der Waals surface area contributed by atoms with Crippen molar-refractivity contribution in [3.05, 3.63) is 92.9 Å². The second-order valence-electron chi connectivity index (χ2n) is 5.73. The van der Waals surface area contributed by atoms with Crippen LogP contribution in [0.2, 0.25) is 5.02 Å². The fourth-order valence-electron chi connectivity index (χ4n) is 2.43. The lowest BCUT2D eigenvalue weighted by Gasteiger charge is -2.08. The van der Waals surface area contributed by atoms with Gasteiger partial charge in [-0.25, -0.2) is 0 Å². The minimum absolute atomic E-state index is 0.111. The maximum absolute atomic E-state index is 12.3. The molecular weight excluding hydrogens is 386 g/mol. The molecule has 0 saturated heterocycles. The van der Waals surface area contributed by atoms with Gasteiger partial charge in [-0.15, -0.1) is 0 Å². The van der Waals surface area contributed by atoms with E-state index in [9.17, 15) is 19.7 Å². The fraction of sp³-hybridized carbons (Fsp3) is 0.0526. The predicted molar refractivity (Wildman–Crippen MR) is 102 cm³/mol. The summed E-state index contributed by atoms with van der Waals surface area (Å²) in [4.78, 5) is 34.6. The number of rotatable bonds is 6. The third kappa shape index (κ3) is 4.54. The Labute approximate surface area is 164 Å². The second kappa shape index (κ2) is 8.36. The van der Waals surface area contributed by atoms with Crippen molar-refractivity contribution in [1.29, 1.82) is 0 Å². The van der Waals surface area contributed by atoms with Crippen LogP contribution in [0.3, 0.4) is 0 Å². The molecule has 3 aromatic rings. The molecule has 0 aliphatic rings.